The third kappa shape index (κ3) is 8.91. The predicted molar refractivity (Wildman–Crippen MR) is 168 cm³/mol. The van der Waals surface area contributed by atoms with Gasteiger partial charge in [0.15, 0.2) is 0 Å². The number of nitrogens with one attached hydrogen (secondary N) is 1. The molecule has 3 fully saturated rings. The van der Waals surface area contributed by atoms with Crippen molar-refractivity contribution in [2.24, 2.45) is 11.3 Å². The minimum atomic E-state index is -0.246. The Morgan fingerprint density at radius 3 is 2.40 bits per heavy atom. The number of nitrogens with zero attached hydrogens (tertiary/aromatic N) is 4. The van der Waals surface area contributed by atoms with Crippen LogP contribution in [-0.2, 0) is 27.2 Å². The zero-order valence-electron chi connectivity index (χ0n) is 25.1. The first-order valence-corrected chi connectivity index (χ1v) is 16.1. The minimum Gasteiger partial charge on any atom is -0.382 e. The first kappa shape index (κ1) is 33.2. The predicted octanol–water partition coefficient (Wildman–Crippen LogP) is 5.72. The number of carbonyl (C=O) groups excluding carboxylic acids is 1. The van der Waals surface area contributed by atoms with Crippen molar-refractivity contribution in [3.05, 3.63) is 47.5 Å². The summed E-state index contributed by atoms with van der Waals surface area (Å²) in [5.74, 6) is 0.929. The molecule has 10 heteroatoms. The molecular weight excluding hydrogens is 573 g/mol. The number of rotatable bonds is 12. The fourth-order valence-electron chi connectivity index (χ4n) is 7.49. The summed E-state index contributed by atoms with van der Waals surface area (Å²) >= 11 is 6.17. The molecule has 0 unspecified atom stereocenters. The smallest absolute Gasteiger partial charge is 0.240 e. The highest BCUT2D eigenvalue weighted by molar-refractivity contribution is 6.30. The molecule has 1 aliphatic heterocycles. The molecule has 2 saturated carbocycles. The topological polar surface area (TPSA) is 81.5 Å². The third-order valence-electron chi connectivity index (χ3n) is 9.89. The number of halogens is 2. The summed E-state index contributed by atoms with van der Waals surface area (Å²) in [4.78, 5) is 20.5. The number of hydrogen-bond acceptors (Lipinski definition) is 6. The summed E-state index contributed by atoms with van der Waals surface area (Å²) in [6.07, 6.45) is 17.1. The third-order valence-corrected chi connectivity index (χ3v) is 10.1. The molecule has 0 spiro atoms. The van der Waals surface area contributed by atoms with Crippen LogP contribution in [0.15, 0.2) is 36.9 Å². The van der Waals surface area contributed by atoms with Crippen molar-refractivity contribution in [1.82, 2.24) is 25.0 Å². The normalized spacial score (nSPS) is 23.7. The highest BCUT2D eigenvalue weighted by atomic mass is 35.5. The summed E-state index contributed by atoms with van der Waals surface area (Å²) in [5, 5.41) is 8.99. The van der Waals surface area contributed by atoms with Crippen molar-refractivity contribution in [2.45, 2.75) is 102 Å². The Balaban J connectivity index is 0.00000405. The van der Waals surface area contributed by atoms with E-state index in [0.717, 1.165) is 68.7 Å². The molecular formula is C32H49Cl2N5O3. The van der Waals surface area contributed by atoms with Crippen LogP contribution in [0.3, 0.4) is 0 Å². The summed E-state index contributed by atoms with van der Waals surface area (Å²) < 4.78 is 13.1. The maximum Gasteiger partial charge on any atom is 0.240 e. The molecule has 1 aromatic heterocycles. The Morgan fingerprint density at radius 2 is 1.76 bits per heavy atom. The van der Waals surface area contributed by atoms with E-state index in [1.54, 1.807) is 13.4 Å². The van der Waals surface area contributed by atoms with Gasteiger partial charge in [-0.2, -0.15) is 5.10 Å². The summed E-state index contributed by atoms with van der Waals surface area (Å²) in [5.41, 5.74) is 1.32. The fraction of sp³-hybridized carbons (Fsp3) is 0.719. The van der Waals surface area contributed by atoms with E-state index in [0.29, 0.717) is 31.6 Å². The molecule has 1 atom stereocenters. The molecule has 0 bridgehead atoms. The lowest BCUT2D eigenvalue weighted by Crippen LogP contribution is -2.55. The molecule has 2 aliphatic carbocycles. The Morgan fingerprint density at radius 1 is 1.05 bits per heavy atom. The van der Waals surface area contributed by atoms with Crippen molar-refractivity contribution in [2.75, 3.05) is 33.4 Å². The van der Waals surface area contributed by atoms with Gasteiger partial charge in [0.25, 0.3) is 0 Å². The molecule has 1 N–H and O–H groups in total. The number of benzene rings is 1. The molecule has 1 amide bonds. The van der Waals surface area contributed by atoms with E-state index in [4.69, 9.17) is 21.1 Å². The Kier molecular flexibility index (Phi) is 12.9. The average molecular weight is 623 g/mol. The second-order valence-electron chi connectivity index (χ2n) is 12.5. The monoisotopic (exact) mass is 621 g/mol. The number of hydrogen-bond donors (Lipinski definition) is 1. The van der Waals surface area contributed by atoms with Crippen LogP contribution in [-0.4, -0.2) is 77.2 Å². The Bertz CT molecular complexity index is 1050. The van der Waals surface area contributed by atoms with Gasteiger partial charge in [0.1, 0.15) is 12.7 Å². The van der Waals surface area contributed by atoms with Gasteiger partial charge < -0.3 is 19.7 Å². The van der Waals surface area contributed by atoms with Gasteiger partial charge in [-0.05, 0) is 86.8 Å². The van der Waals surface area contributed by atoms with Gasteiger partial charge in [0.2, 0.25) is 5.91 Å². The van der Waals surface area contributed by atoms with Crippen molar-refractivity contribution in [3.63, 3.8) is 0 Å². The minimum absolute atomic E-state index is 0. The lowest BCUT2D eigenvalue weighted by Gasteiger charge is -2.48. The summed E-state index contributed by atoms with van der Waals surface area (Å²) in [6, 6.07) is 8.01. The van der Waals surface area contributed by atoms with Gasteiger partial charge in [-0.25, -0.2) is 4.98 Å². The van der Waals surface area contributed by atoms with E-state index in [-0.39, 0.29) is 35.9 Å². The van der Waals surface area contributed by atoms with Gasteiger partial charge in [0, 0.05) is 37.8 Å². The number of carbonyl (C=O) groups is 1. The van der Waals surface area contributed by atoms with Crippen LogP contribution in [0, 0.1) is 11.3 Å². The standard InChI is InChI=1S/C32H48ClN5O3.ClH/c1-40-19-20-41-29-13-11-28(12-14-29)36-30(21-25-7-9-27(33)10-8-25)31(39)37-17-15-32(16-18-37,22-38-24-34-23-35-38)26-5-3-2-4-6-26;/h7-10,23-24,26,28-30,36H,2-6,11-22H2,1H3;1H/t28?,29?,30-;/m1./s1. The van der Waals surface area contributed by atoms with Crippen LogP contribution in [0.5, 0.6) is 0 Å². The van der Waals surface area contributed by atoms with Crippen molar-refractivity contribution in [3.8, 4) is 0 Å². The molecule has 0 radical (unpaired) electrons. The molecule has 2 aromatic rings. The highest BCUT2D eigenvalue weighted by Gasteiger charge is 2.44. The van der Waals surface area contributed by atoms with Crippen LogP contribution >= 0.6 is 24.0 Å². The highest BCUT2D eigenvalue weighted by Crippen LogP contribution is 2.47. The lowest BCUT2D eigenvalue weighted by molar-refractivity contribution is -0.137. The molecule has 3 aliphatic rings. The SMILES string of the molecule is COCCOC1CCC(N[C@H](Cc2ccc(Cl)cc2)C(=O)N2CCC(Cn3cncn3)(C3CCCCC3)CC2)CC1.Cl. The van der Waals surface area contributed by atoms with E-state index in [2.05, 4.69) is 20.3 Å². The second-order valence-corrected chi connectivity index (χ2v) is 12.9. The number of ether oxygens (including phenoxy) is 2. The molecule has 1 saturated heterocycles. The Hall–Kier alpha value is -1.71. The van der Waals surface area contributed by atoms with Crippen molar-refractivity contribution >= 4 is 29.9 Å². The maximum absolute atomic E-state index is 14.2. The average Bonchev–Trinajstić information content (AvgIpc) is 3.52. The van der Waals surface area contributed by atoms with Crippen molar-refractivity contribution in [1.29, 1.82) is 0 Å². The first-order valence-electron chi connectivity index (χ1n) is 15.8. The largest absolute Gasteiger partial charge is 0.382 e. The number of likely N-dealkylation sites (tertiary alicyclic amines) is 1. The van der Waals surface area contributed by atoms with Crippen LogP contribution in [0.1, 0.15) is 76.2 Å². The Labute approximate surface area is 262 Å². The molecule has 1 aromatic carbocycles. The number of aromatic nitrogens is 3. The first-order chi connectivity index (χ1) is 20.0. The molecule has 42 heavy (non-hydrogen) atoms. The van der Waals surface area contributed by atoms with Crippen LogP contribution < -0.4 is 5.32 Å². The van der Waals surface area contributed by atoms with E-state index in [9.17, 15) is 4.79 Å². The van der Waals surface area contributed by atoms with Gasteiger partial charge >= 0.3 is 0 Å². The number of amides is 1. The lowest BCUT2D eigenvalue weighted by atomic mass is 9.63. The van der Waals surface area contributed by atoms with E-state index in [1.165, 1.54) is 32.1 Å². The number of methoxy groups -OCH3 is 1. The second kappa shape index (κ2) is 16.4. The van der Waals surface area contributed by atoms with Gasteiger partial charge in [0.05, 0.1) is 25.4 Å². The maximum atomic E-state index is 14.2. The van der Waals surface area contributed by atoms with E-state index in [1.807, 2.05) is 35.3 Å². The van der Waals surface area contributed by atoms with E-state index < -0.39 is 0 Å². The number of piperidine rings is 1. The van der Waals surface area contributed by atoms with Gasteiger partial charge in [-0.15, -0.1) is 12.4 Å². The molecule has 234 valence electrons. The molecule has 2 heterocycles. The van der Waals surface area contributed by atoms with E-state index >= 15 is 0 Å². The molecule has 8 nitrogen and oxygen atoms in total. The zero-order chi connectivity index (χ0) is 28.5. The van der Waals surface area contributed by atoms with Gasteiger partial charge in [-0.1, -0.05) is 43.0 Å². The molecule has 5 rings (SSSR count). The van der Waals surface area contributed by atoms with Crippen molar-refractivity contribution < 1.29 is 14.3 Å². The quantitative estimate of drug-likeness (QED) is 0.305. The van der Waals surface area contributed by atoms with Gasteiger partial charge in [-0.3, -0.25) is 9.48 Å². The van der Waals surface area contributed by atoms with Crippen LogP contribution in [0.2, 0.25) is 5.02 Å². The van der Waals surface area contributed by atoms with Crippen LogP contribution in [0.25, 0.3) is 0 Å². The zero-order valence-corrected chi connectivity index (χ0v) is 26.7. The summed E-state index contributed by atoms with van der Waals surface area (Å²) in [7, 11) is 1.71. The van der Waals surface area contributed by atoms with Crippen LogP contribution in [0.4, 0.5) is 0 Å². The summed E-state index contributed by atoms with van der Waals surface area (Å²) in [6.45, 7) is 3.80. The fourth-order valence-corrected chi connectivity index (χ4v) is 7.62.